The van der Waals surface area contributed by atoms with Crippen LogP contribution in [0.25, 0.3) is 133 Å². The van der Waals surface area contributed by atoms with Crippen molar-refractivity contribution < 1.29 is 0 Å². The minimum absolute atomic E-state index is 0.0365. The van der Waals surface area contributed by atoms with E-state index in [4.69, 9.17) is 9.97 Å². The first-order valence-electron chi connectivity index (χ1n) is 47.0. The monoisotopic (exact) mass is 1760 g/mol. The minimum atomic E-state index is -0.0950. The molecule has 0 unspecified atom stereocenters. The van der Waals surface area contributed by atoms with Gasteiger partial charge in [-0.1, -0.05) is 406 Å². The second-order valence-corrected chi connectivity index (χ2v) is 41.8. The molecule has 0 atom stereocenters. The Bertz CT molecular complexity index is 7360. The molecule has 9 heterocycles. The SMILES string of the molecule is CC(C)(C)c1c(-n2c3ccccc3c3ccccc32)ccc2c3ccccc3n(-c3ccccc3)c12.CC(C)(C)c1ccc(-c2ccccc2)nc1.CC(C)(C)c1cccc(-c2ccccc2)n1.CC(C)(C)c1cccc(-n2c3ccccc3c3ccccc32)n1.CC(C)(C)c1cccc2c3ccccc3n(-c3ccccc3)c12.CC(C)(C)c1ccccn1.CC(C)(C)c1cccnc1. The first-order valence-corrected chi connectivity index (χ1v) is 47.0. The predicted octanol–water partition coefficient (Wildman–Crippen LogP) is 33.6. The average molecular weight is 1760 g/mol. The molecule has 0 saturated heterocycles. The number of fused-ring (bicyclic) bond motifs is 12. The smallest absolute Gasteiger partial charge is 0.137 e. The number of aromatic nitrogens is 9. The molecule has 0 spiro atoms. The minimum Gasteiger partial charge on any atom is -0.309 e. The topological polar surface area (TPSA) is 84.2 Å². The van der Waals surface area contributed by atoms with Crippen molar-refractivity contribution in [3.63, 3.8) is 0 Å². The maximum absolute atomic E-state index is 4.95. The van der Waals surface area contributed by atoms with E-state index in [0.717, 1.165) is 34.3 Å². The molecule has 0 aliphatic carbocycles. The summed E-state index contributed by atoms with van der Waals surface area (Å²) in [5, 5.41) is 10.3. The summed E-state index contributed by atoms with van der Waals surface area (Å²) in [6, 6.07) is 132. The van der Waals surface area contributed by atoms with Gasteiger partial charge in [0.2, 0.25) is 0 Å². The van der Waals surface area contributed by atoms with Crippen LogP contribution in [0.3, 0.4) is 0 Å². The number of para-hydroxylation sites is 9. The van der Waals surface area contributed by atoms with Gasteiger partial charge in [-0.15, -0.1) is 0 Å². The van der Waals surface area contributed by atoms with Crippen molar-refractivity contribution in [2.45, 2.75) is 183 Å². The van der Waals surface area contributed by atoms with Crippen LogP contribution < -0.4 is 0 Å². The van der Waals surface area contributed by atoms with Gasteiger partial charge < -0.3 is 13.7 Å². The number of hydrogen-bond donors (Lipinski definition) is 0. The molecule has 134 heavy (non-hydrogen) atoms. The van der Waals surface area contributed by atoms with E-state index in [1.165, 1.54) is 138 Å². The van der Waals surface area contributed by atoms with Crippen LogP contribution in [-0.2, 0) is 37.9 Å². The molecule has 0 aliphatic rings. The largest absolute Gasteiger partial charge is 0.309 e. The molecule has 9 aromatic heterocycles. The summed E-state index contributed by atoms with van der Waals surface area (Å²) in [5.74, 6) is 0.981. The third-order valence-corrected chi connectivity index (χ3v) is 24.5. The van der Waals surface area contributed by atoms with Gasteiger partial charge in [0.15, 0.2) is 0 Å². The van der Waals surface area contributed by atoms with E-state index in [2.05, 4.69) is 500 Å². The third kappa shape index (κ3) is 21.2. The number of nitrogens with zero attached hydrogens (tertiary/aromatic N) is 9. The van der Waals surface area contributed by atoms with Crippen molar-refractivity contribution in [2.24, 2.45) is 0 Å². The highest BCUT2D eigenvalue weighted by Crippen LogP contribution is 2.46. The molecule has 0 fully saturated rings. The van der Waals surface area contributed by atoms with Gasteiger partial charge in [0, 0.05) is 129 Å². The molecule has 9 heteroatoms. The Kier molecular flexibility index (Phi) is 27.8. The lowest BCUT2D eigenvalue weighted by molar-refractivity contribution is 0.567. The molecule has 674 valence electrons. The Balaban J connectivity index is 0.000000125. The highest BCUT2D eigenvalue weighted by molar-refractivity contribution is 6.14. The zero-order valence-corrected chi connectivity index (χ0v) is 82.1. The lowest BCUT2D eigenvalue weighted by Crippen LogP contribution is -2.17. The summed E-state index contributed by atoms with van der Waals surface area (Å²) < 4.78 is 9.60. The molecule has 21 rings (SSSR count). The molecule has 0 aliphatic heterocycles. The van der Waals surface area contributed by atoms with Crippen LogP contribution >= 0.6 is 0 Å². The van der Waals surface area contributed by atoms with Crippen LogP contribution in [0.1, 0.15) is 185 Å². The first-order chi connectivity index (χ1) is 64.0. The molecule has 0 bridgehead atoms. The van der Waals surface area contributed by atoms with Crippen LogP contribution in [0, 0.1) is 0 Å². The van der Waals surface area contributed by atoms with Gasteiger partial charge in [-0.25, -0.2) is 4.98 Å². The fraction of sp³-hybridized carbons (Fsp3) is 0.224. The van der Waals surface area contributed by atoms with Crippen molar-refractivity contribution in [2.75, 3.05) is 0 Å². The number of hydrogen-bond acceptors (Lipinski definition) is 5. The maximum Gasteiger partial charge on any atom is 0.137 e. The second-order valence-electron chi connectivity index (χ2n) is 41.8. The number of pyridine rings is 5. The Morgan fingerprint density at radius 2 is 0.582 bits per heavy atom. The summed E-state index contributed by atoms with van der Waals surface area (Å²) >= 11 is 0. The highest BCUT2D eigenvalue weighted by Gasteiger charge is 2.30. The normalized spacial score (nSPS) is 11.9. The lowest BCUT2D eigenvalue weighted by atomic mass is 9.84. The van der Waals surface area contributed by atoms with Crippen molar-refractivity contribution in [1.82, 2.24) is 43.2 Å². The Morgan fingerprint density at radius 3 is 0.985 bits per heavy atom. The van der Waals surface area contributed by atoms with Gasteiger partial charge in [-0.3, -0.25) is 24.5 Å². The first kappa shape index (κ1) is 94.2. The van der Waals surface area contributed by atoms with Crippen LogP contribution in [0.15, 0.2) is 401 Å². The van der Waals surface area contributed by atoms with Gasteiger partial charge in [0.25, 0.3) is 0 Å². The van der Waals surface area contributed by atoms with Crippen molar-refractivity contribution >= 4 is 87.2 Å². The second kappa shape index (κ2) is 39.6. The van der Waals surface area contributed by atoms with Crippen LogP contribution in [0.5, 0.6) is 0 Å². The molecular weight excluding hydrogens is 1630 g/mol. The molecule has 21 aromatic rings. The van der Waals surface area contributed by atoms with E-state index in [-0.39, 0.29) is 37.9 Å². The van der Waals surface area contributed by atoms with Crippen molar-refractivity contribution in [1.29, 1.82) is 0 Å². The predicted molar refractivity (Wildman–Crippen MR) is 573 cm³/mol. The summed E-state index contributed by atoms with van der Waals surface area (Å²) in [4.78, 5) is 22.5. The van der Waals surface area contributed by atoms with E-state index in [1.54, 1.807) is 6.20 Å². The summed E-state index contributed by atoms with van der Waals surface area (Å²) in [5.41, 5.74) is 27.5. The van der Waals surface area contributed by atoms with Gasteiger partial charge in [-0.2, -0.15) is 0 Å². The van der Waals surface area contributed by atoms with E-state index in [0.29, 0.717) is 0 Å². The molecule has 0 N–H and O–H groups in total. The van der Waals surface area contributed by atoms with E-state index in [9.17, 15) is 0 Å². The third-order valence-electron chi connectivity index (χ3n) is 24.5. The van der Waals surface area contributed by atoms with Crippen LogP contribution in [0.2, 0.25) is 0 Å². The number of rotatable bonds is 6. The maximum atomic E-state index is 4.95. The van der Waals surface area contributed by atoms with Gasteiger partial charge in [0.05, 0.1) is 61.2 Å². The zero-order chi connectivity index (χ0) is 94.9. The van der Waals surface area contributed by atoms with Gasteiger partial charge >= 0.3 is 0 Å². The van der Waals surface area contributed by atoms with Crippen molar-refractivity contribution in [3.05, 3.63) is 440 Å². The summed E-state index contributed by atoms with van der Waals surface area (Å²) in [7, 11) is 0. The van der Waals surface area contributed by atoms with Crippen LogP contribution in [0.4, 0.5) is 0 Å². The summed E-state index contributed by atoms with van der Waals surface area (Å²) in [6.45, 7) is 46.7. The molecule has 0 saturated carbocycles. The van der Waals surface area contributed by atoms with E-state index < -0.39 is 0 Å². The van der Waals surface area contributed by atoms with Crippen LogP contribution in [-0.4, -0.2) is 43.2 Å². The zero-order valence-electron chi connectivity index (χ0n) is 82.1. The van der Waals surface area contributed by atoms with Gasteiger partial charge in [0.1, 0.15) is 5.82 Å². The molecular formula is C125H129N9. The number of benzene rings is 12. The quantitative estimate of drug-likeness (QED) is 0.166. The molecule has 12 aromatic carbocycles. The Hall–Kier alpha value is -14.4. The van der Waals surface area contributed by atoms with Crippen molar-refractivity contribution in [3.8, 4) is 45.4 Å². The lowest BCUT2D eigenvalue weighted by Gasteiger charge is -2.27. The molecule has 0 amide bonds. The molecule has 9 nitrogen and oxygen atoms in total. The fourth-order valence-corrected chi connectivity index (χ4v) is 17.5. The van der Waals surface area contributed by atoms with Gasteiger partial charge in [-0.05, 0) is 154 Å². The fourth-order valence-electron chi connectivity index (χ4n) is 17.5. The highest BCUT2D eigenvalue weighted by atomic mass is 15.1. The van der Waals surface area contributed by atoms with E-state index in [1.807, 2.05) is 73.2 Å². The summed E-state index contributed by atoms with van der Waals surface area (Å²) in [6.07, 6.45) is 7.53. The average Bonchev–Trinajstić information content (AvgIpc) is 1.55. The standard InChI is InChI=1S/C34H28N2.C22H21N.C21H20N2.2C15H17N.2C9H13N/c1-34(2,3)32-31(36-29-19-11-7-15-24(29)25-16-8-12-20-30(25)36)22-21-27-26-17-9-10-18-28(26)35(33(27)32)23-13-5-4-6-14-23;1-22(2,3)19-14-9-13-18-17-12-7-8-15-20(17)23(21(18)19)16-10-5-4-6-11-16;1-21(2,3)19-13-8-14-20(22-19)23-17-11-6-4-9-15(17)16-10-5-7-12-18(16)23;1-15(2,3)14-11-7-10-13(16-14)12-8-5-4-6-9-12;1-15(2,3)13-9-10-14(16-11-13)12-7-5-4-6-8-12;1-9(2,3)8-5-4-6-10-7-8;1-9(2,3)8-6-4-5-7-10-8/h4-22H,1-3H3;4-15H,1-3H3;4-14H,1-3H3;2*4-11H,1-3H3;2*4-7H,1-3H3. The molecule has 0 radical (unpaired) electrons. The Labute approximate surface area is 794 Å². The Morgan fingerprint density at radius 1 is 0.209 bits per heavy atom. The van der Waals surface area contributed by atoms with E-state index >= 15 is 0 Å².